The molecular formula is C13H7BrCl2N2. The summed E-state index contributed by atoms with van der Waals surface area (Å²) in [7, 11) is 0. The van der Waals surface area contributed by atoms with Crippen LogP contribution in [0.4, 0.5) is 11.4 Å². The van der Waals surface area contributed by atoms with Crippen LogP contribution < -0.4 is 5.32 Å². The molecule has 2 nitrogen and oxygen atoms in total. The monoisotopic (exact) mass is 340 g/mol. The molecule has 0 spiro atoms. The van der Waals surface area contributed by atoms with Crippen LogP contribution in [0, 0.1) is 11.3 Å². The zero-order valence-electron chi connectivity index (χ0n) is 9.05. The summed E-state index contributed by atoms with van der Waals surface area (Å²) in [6.45, 7) is 0. The number of benzene rings is 2. The molecule has 0 atom stereocenters. The van der Waals surface area contributed by atoms with Gasteiger partial charge in [-0.05, 0) is 46.3 Å². The molecule has 0 radical (unpaired) electrons. The van der Waals surface area contributed by atoms with Gasteiger partial charge in [0, 0.05) is 10.2 Å². The van der Waals surface area contributed by atoms with Gasteiger partial charge in [0.15, 0.2) is 0 Å². The predicted molar refractivity (Wildman–Crippen MR) is 78.6 cm³/mol. The highest BCUT2D eigenvalue weighted by molar-refractivity contribution is 9.10. The standard InChI is InChI=1S/C13H7BrCl2N2/c14-10-6-8(4-5-12(10)16)18-13-3-1-2-11(15)9(13)7-17/h1-6,18H. The van der Waals surface area contributed by atoms with E-state index in [1.807, 2.05) is 12.1 Å². The SMILES string of the molecule is N#Cc1c(Cl)cccc1Nc1ccc(Cl)c(Br)c1. The maximum atomic E-state index is 9.07. The molecule has 0 saturated carbocycles. The van der Waals surface area contributed by atoms with Gasteiger partial charge >= 0.3 is 0 Å². The minimum Gasteiger partial charge on any atom is -0.354 e. The molecule has 18 heavy (non-hydrogen) atoms. The Morgan fingerprint density at radius 1 is 1.11 bits per heavy atom. The lowest BCUT2D eigenvalue weighted by molar-refractivity contribution is 1.46. The fourth-order valence-electron chi connectivity index (χ4n) is 1.47. The Hall–Kier alpha value is -1.21. The summed E-state index contributed by atoms with van der Waals surface area (Å²) < 4.78 is 0.787. The molecule has 0 amide bonds. The molecule has 0 bridgehead atoms. The van der Waals surface area contributed by atoms with Gasteiger partial charge < -0.3 is 5.32 Å². The van der Waals surface area contributed by atoms with Crippen molar-refractivity contribution < 1.29 is 0 Å². The predicted octanol–water partition coefficient (Wildman–Crippen LogP) is 5.37. The number of nitrogens with one attached hydrogen (secondary N) is 1. The third kappa shape index (κ3) is 2.78. The van der Waals surface area contributed by atoms with Crippen molar-refractivity contribution in [3.8, 4) is 6.07 Å². The van der Waals surface area contributed by atoms with Crippen molar-refractivity contribution >= 4 is 50.5 Å². The van der Waals surface area contributed by atoms with E-state index in [2.05, 4.69) is 27.3 Å². The van der Waals surface area contributed by atoms with E-state index in [0.29, 0.717) is 21.3 Å². The Kier molecular flexibility index (Phi) is 4.13. The van der Waals surface area contributed by atoms with Crippen molar-refractivity contribution in [2.24, 2.45) is 0 Å². The van der Waals surface area contributed by atoms with Crippen LogP contribution in [0.15, 0.2) is 40.9 Å². The van der Waals surface area contributed by atoms with E-state index in [1.54, 1.807) is 24.3 Å². The molecule has 0 aliphatic carbocycles. The quantitative estimate of drug-likeness (QED) is 0.796. The second-order valence-electron chi connectivity index (χ2n) is 3.53. The lowest BCUT2D eigenvalue weighted by atomic mass is 10.2. The molecule has 90 valence electrons. The van der Waals surface area contributed by atoms with Crippen LogP contribution in [0.25, 0.3) is 0 Å². The highest BCUT2D eigenvalue weighted by Gasteiger charge is 2.07. The number of nitrogens with zero attached hydrogens (tertiary/aromatic N) is 1. The highest BCUT2D eigenvalue weighted by Crippen LogP contribution is 2.30. The van der Waals surface area contributed by atoms with E-state index in [-0.39, 0.29) is 0 Å². The van der Waals surface area contributed by atoms with Crippen molar-refractivity contribution in [2.75, 3.05) is 5.32 Å². The smallest absolute Gasteiger partial charge is 0.103 e. The van der Waals surface area contributed by atoms with Crippen LogP contribution in [0.1, 0.15) is 5.56 Å². The van der Waals surface area contributed by atoms with E-state index < -0.39 is 0 Å². The Balaban J connectivity index is 2.37. The van der Waals surface area contributed by atoms with Gasteiger partial charge in [-0.2, -0.15) is 5.26 Å². The maximum absolute atomic E-state index is 9.07. The first-order valence-corrected chi connectivity index (χ1v) is 6.57. The number of hydrogen-bond donors (Lipinski definition) is 1. The van der Waals surface area contributed by atoms with Crippen LogP contribution in [-0.4, -0.2) is 0 Å². The van der Waals surface area contributed by atoms with Crippen LogP contribution in [-0.2, 0) is 0 Å². The second kappa shape index (κ2) is 5.62. The average Bonchev–Trinajstić information content (AvgIpc) is 2.34. The topological polar surface area (TPSA) is 35.8 Å². The molecule has 0 aliphatic heterocycles. The summed E-state index contributed by atoms with van der Waals surface area (Å²) in [5, 5.41) is 13.3. The van der Waals surface area contributed by atoms with Crippen LogP contribution in [0.5, 0.6) is 0 Å². The number of rotatable bonds is 2. The maximum Gasteiger partial charge on any atom is 0.103 e. The Morgan fingerprint density at radius 3 is 2.56 bits per heavy atom. The molecular weight excluding hydrogens is 335 g/mol. The molecule has 2 aromatic carbocycles. The van der Waals surface area contributed by atoms with Gasteiger partial charge in [-0.15, -0.1) is 0 Å². The van der Waals surface area contributed by atoms with Gasteiger partial charge in [-0.1, -0.05) is 29.3 Å². The van der Waals surface area contributed by atoms with E-state index >= 15 is 0 Å². The molecule has 0 fully saturated rings. The number of nitriles is 1. The third-order valence-electron chi connectivity index (χ3n) is 2.32. The van der Waals surface area contributed by atoms with Crippen molar-refractivity contribution in [3.63, 3.8) is 0 Å². The molecule has 0 aliphatic rings. The van der Waals surface area contributed by atoms with Gasteiger partial charge in [0.05, 0.1) is 21.3 Å². The molecule has 0 heterocycles. The van der Waals surface area contributed by atoms with E-state index in [4.69, 9.17) is 28.5 Å². The summed E-state index contributed by atoms with van der Waals surface area (Å²) in [5.41, 5.74) is 1.91. The molecule has 2 rings (SSSR count). The van der Waals surface area contributed by atoms with Crippen molar-refractivity contribution in [1.82, 2.24) is 0 Å². The minimum absolute atomic E-state index is 0.422. The lowest BCUT2D eigenvalue weighted by Gasteiger charge is -2.09. The fraction of sp³-hybridized carbons (Fsp3) is 0. The zero-order valence-corrected chi connectivity index (χ0v) is 12.1. The zero-order chi connectivity index (χ0) is 13.1. The Bertz CT molecular complexity index is 635. The molecule has 1 N–H and O–H groups in total. The molecule has 0 unspecified atom stereocenters. The van der Waals surface area contributed by atoms with Gasteiger partial charge in [-0.3, -0.25) is 0 Å². The number of hydrogen-bond acceptors (Lipinski definition) is 2. The second-order valence-corrected chi connectivity index (χ2v) is 5.20. The van der Waals surface area contributed by atoms with Gasteiger partial charge in [0.25, 0.3) is 0 Å². The largest absolute Gasteiger partial charge is 0.354 e. The summed E-state index contributed by atoms with van der Waals surface area (Å²) >= 11 is 15.2. The number of anilines is 2. The minimum atomic E-state index is 0.422. The Morgan fingerprint density at radius 2 is 1.89 bits per heavy atom. The number of halogens is 3. The van der Waals surface area contributed by atoms with Crippen LogP contribution in [0.2, 0.25) is 10.0 Å². The van der Waals surface area contributed by atoms with E-state index in [0.717, 1.165) is 10.2 Å². The van der Waals surface area contributed by atoms with Gasteiger partial charge in [-0.25, -0.2) is 0 Å². The van der Waals surface area contributed by atoms with Crippen molar-refractivity contribution in [2.45, 2.75) is 0 Å². The van der Waals surface area contributed by atoms with Gasteiger partial charge in [0.2, 0.25) is 0 Å². The summed E-state index contributed by atoms with van der Waals surface area (Å²) in [6.07, 6.45) is 0. The molecule has 0 aromatic heterocycles. The van der Waals surface area contributed by atoms with E-state index in [1.165, 1.54) is 0 Å². The summed E-state index contributed by atoms with van der Waals surface area (Å²) in [4.78, 5) is 0. The summed E-state index contributed by atoms with van der Waals surface area (Å²) in [5.74, 6) is 0. The summed E-state index contributed by atoms with van der Waals surface area (Å²) in [6, 6.07) is 12.8. The van der Waals surface area contributed by atoms with Crippen molar-refractivity contribution in [1.29, 1.82) is 5.26 Å². The van der Waals surface area contributed by atoms with Crippen molar-refractivity contribution in [3.05, 3.63) is 56.5 Å². The average molecular weight is 342 g/mol. The van der Waals surface area contributed by atoms with Gasteiger partial charge in [0.1, 0.15) is 6.07 Å². The highest BCUT2D eigenvalue weighted by atomic mass is 79.9. The molecule has 5 heteroatoms. The van der Waals surface area contributed by atoms with E-state index in [9.17, 15) is 0 Å². The fourth-order valence-corrected chi connectivity index (χ4v) is 2.18. The molecule has 0 saturated heterocycles. The first-order valence-electron chi connectivity index (χ1n) is 5.02. The first-order chi connectivity index (χ1) is 8.61. The first kappa shape index (κ1) is 13.2. The van der Waals surface area contributed by atoms with Crippen LogP contribution in [0.3, 0.4) is 0 Å². The Labute approximate surface area is 123 Å². The normalized spacial score (nSPS) is 9.89. The third-order valence-corrected chi connectivity index (χ3v) is 3.85. The molecule has 2 aromatic rings. The van der Waals surface area contributed by atoms with Crippen LogP contribution >= 0.6 is 39.1 Å². The lowest BCUT2D eigenvalue weighted by Crippen LogP contribution is -1.94.